The lowest BCUT2D eigenvalue weighted by atomic mass is 10.2. The minimum absolute atomic E-state index is 0.0989. The molecule has 112 valence electrons. The molecule has 0 atom stereocenters. The fraction of sp³-hybridized carbons (Fsp3) is 0.0667. The van der Waals surface area contributed by atoms with Gasteiger partial charge < -0.3 is 14.8 Å². The number of amides is 3. The van der Waals surface area contributed by atoms with Gasteiger partial charge in [-0.05, 0) is 36.4 Å². The Morgan fingerprint density at radius 2 is 1.86 bits per heavy atom. The van der Waals surface area contributed by atoms with Gasteiger partial charge in [-0.1, -0.05) is 0 Å². The van der Waals surface area contributed by atoms with E-state index in [1.807, 2.05) is 0 Å². The van der Waals surface area contributed by atoms with E-state index in [0.29, 0.717) is 29.3 Å². The number of ether oxygens (including phenoxy) is 2. The largest absolute Gasteiger partial charge is 0.454 e. The zero-order valence-electron chi connectivity index (χ0n) is 11.3. The van der Waals surface area contributed by atoms with Crippen molar-refractivity contribution in [3.05, 3.63) is 48.3 Å². The number of fused-ring (bicyclic) bond motifs is 1. The van der Waals surface area contributed by atoms with E-state index in [-0.39, 0.29) is 6.79 Å². The fourth-order valence-corrected chi connectivity index (χ4v) is 1.98. The zero-order chi connectivity index (χ0) is 15.5. The summed E-state index contributed by atoms with van der Waals surface area (Å²) < 4.78 is 23.2. The molecule has 1 heterocycles. The molecule has 0 spiro atoms. The third-order valence-corrected chi connectivity index (χ3v) is 3.05. The Morgan fingerprint density at radius 3 is 2.59 bits per heavy atom. The molecule has 0 saturated carbocycles. The molecule has 1 N–H and O–H groups in total. The number of rotatable bonds is 3. The van der Waals surface area contributed by atoms with Crippen LogP contribution in [0.2, 0.25) is 0 Å². The lowest BCUT2D eigenvalue weighted by Gasteiger charge is -2.16. The summed E-state index contributed by atoms with van der Waals surface area (Å²) in [6.45, 7) is 0.0989. The van der Waals surface area contributed by atoms with Crippen molar-refractivity contribution in [2.45, 2.75) is 0 Å². The molecule has 0 radical (unpaired) electrons. The highest BCUT2D eigenvalue weighted by Crippen LogP contribution is 2.35. The van der Waals surface area contributed by atoms with Crippen LogP contribution in [0.15, 0.2) is 42.5 Å². The summed E-state index contributed by atoms with van der Waals surface area (Å²) in [7, 11) is 0. The number of urea groups is 1. The minimum atomic E-state index is -0.666. The Kier molecular flexibility index (Phi) is 3.61. The summed E-state index contributed by atoms with van der Waals surface area (Å²) >= 11 is 0. The summed E-state index contributed by atoms with van der Waals surface area (Å²) in [5.41, 5.74) is 0.706. The zero-order valence-corrected chi connectivity index (χ0v) is 11.3. The van der Waals surface area contributed by atoms with Gasteiger partial charge in [0.1, 0.15) is 5.82 Å². The maximum absolute atomic E-state index is 12.8. The molecule has 0 saturated heterocycles. The van der Waals surface area contributed by atoms with Crippen molar-refractivity contribution in [2.75, 3.05) is 17.0 Å². The third-order valence-electron chi connectivity index (χ3n) is 3.05. The standard InChI is InChI=1S/C15H11FN2O4/c16-10-1-3-11(4-2-10)17-15(20)18(8-19)12-5-6-13-14(7-12)22-9-21-13/h1-8H,9H2,(H,17,20). The molecule has 0 unspecified atom stereocenters. The van der Waals surface area contributed by atoms with Crippen LogP contribution in [0, 0.1) is 5.82 Å². The smallest absolute Gasteiger partial charge is 0.332 e. The molecular formula is C15H11FN2O4. The van der Waals surface area contributed by atoms with Gasteiger partial charge in [-0.25, -0.2) is 14.1 Å². The predicted octanol–water partition coefficient (Wildman–Crippen LogP) is 2.75. The van der Waals surface area contributed by atoms with E-state index in [2.05, 4.69) is 5.32 Å². The lowest BCUT2D eigenvalue weighted by Crippen LogP contribution is -2.33. The predicted molar refractivity (Wildman–Crippen MR) is 76.5 cm³/mol. The Hall–Kier alpha value is -3.09. The summed E-state index contributed by atoms with van der Waals surface area (Å²) in [4.78, 5) is 24.3. The van der Waals surface area contributed by atoms with Gasteiger partial charge in [-0.15, -0.1) is 0 Å². The molecular weight excluding hydrogens is 291 g/mol. The number of hydrogen-bond donors (Lipinski definition) is 1. The molecule has 1 aliphatic rings. The second kappa shape index (κ2) is 5.72. The molecule has 1 aliphatic heterocycles. The van der Waals surface area contributed by atoms with Crippen molar-refractivity contribution >= 4 is 23.8 Å². The van der Waals surface area contributed by atoms with Gasteiger partial charge in [-0.3, -0.25) is 4.79 Å². The summed E-state index contributed by atoms with van der Waals surface area (Å²) in [5, 5.41) is 2.50. The van der Waals surface area contributed by atoms with Crippen LogP contribution in [0.25, 0.3) is 0 Å². The molecule has 3 amide bonds. The first-order valence-corrected chi connectivity index (χ1v) is 6.38. The quantitative estimate of drug-likeness (QED) is 0.885. The average Bonchev–Trinajstić information content (AvgIpc) is 2.98. The Labute approximate surface area is 125 Å². The number of carbonyl (C=O) groups is 2. The average molecular weight is 302 g/mol. The number of halogens is 1. The van der Waals surface area contributed by atoms with Gasteiger partial charge in [0.25, 0.3) is 0 Å². The Balaban J connectivity index is 1.79. The van der Waals surface area contributed by atoms with Gasteiger partial charge in [0.05, 0.1) is 5.69 Å². The van der Waals surface area contributed by atoms with Crippen LogP contribution in [-0.2, 0) is 4.79 Å². The summed E-state index contributed by atoms with van der Waals surface area (Å²) in [5.74, 6) is 0.591. The van der Waals surface area contributed by atoms with Crippen molar-refractivity contribution in [3.63, 3.8) is 0 Å². The van der Waals surface area contributed by atoms with Crippen LogP contribution in [0.1, 0.15) is 0 Å². The topological polar surface area (TPSA) is 67.9 Å². The normalized spacial score (nSPS) is 11.9. The molecule has 3 rings (SSSR count). The molecule has 0 aromatic heterocycles. The fourth-order valence-electron chi connectivity index (χ4n) is 1.98. The third kappa shape index (κ3) is 2.69. The number of imide groups is 1. The lowest BCUT2D eigenvalue weighted by molar-refractivity contribution is -0.106. The van der Waals surface area contributed by atoms with Gasteiger partial charge in [0, 0.05) is 11.8 Å². The molecule has 0 aliphatic carbocycles. The monoisotopic (exact) mass is 302 g/mol. The highest BCUT2D eigenvalue weighted by atomic mass is 19.1. The van der Waals surface area contributed by atoms with E-state index in [0.717, 1.165) is 4.90 Å². The second-order valence-electron chi connectivity index (χ2n) is 4.45. The van der Waals surface area contributed by atoms with E-state index in [1.165, 1.54) is 30.3 Å². The maximum atomic E-state index is 12.8. The first-order chi connectivity index (χ1) is 10.7. The van der Waals surface area contributed by atoms with Crippen molar-refractivity contribution in [1.82, 2.24) is 0 Å². The van der Waals surface area contributed by atoms with Gasteiger partial charge in [0.15, 0.2) is 11.5 Å². The second-order valence-corrected chi connectivity index (χ2v) is 4.45. The molecule has 2 aromatic rings. The van der Waals surface area contributed by atoms with Crippen molar-refractivity contribution in [2.24, 2.45) is 0 Å². The van der Waals surface area contributed by atoms with Gasteiger partial charge in [-0.2, -0.15) is 0 Å². The molecule has 7 heteroatoms. The van der Waals surface area contributed by atoms with E-state index >= 15 is 0 Å². The number of anilines is 2. The van der Waals surface area contributed by atoms with E-state index in [4.69, 9.17) is 9.47 Å². The number of nitrogens with zero attached hydrogens (tertiary/aromatic N) is 1. The molecule has 2 aromatic carbocycles. The van der Waals surface area contributed by atoms with Gasteiger partial charge >= 0.3 is 6.03 Å². The Bertz CT molecular complexity index is 718. The number of hydrogen-bond acceptors (Lipinski definition) is 4. The van der Waals surface area contributed by atoms with Crippen LogP contribution in [0.4, 0.5) is 20.6 Å². The molecule has 6 nitrogen and oxygen atoms in total. The highest BCUT2D eigenvalue weighted by Gasteiger charge is 2.20. The SMILES string of the molecule is O=CN(C(=O)Nc1ccc(F)cc1)c1ccc2c(c1)OCO2. The van der Waals surface area contributed by atoms with Crippen LogP contribution >= 0.6 is 0 Å². The van der Waals surface area contributed by atoms with E-state index in [1.54, 1.807) is 12.1 Å². The molecule has 0 bridgehead atoms. The van der Waals surface area contributed by atoms with Crippen LogP contribution in [0.5, 0.6) is 11.5 Å². The Morgan fingerprint density at radius 1 is 1.14 bits per heavy atom. The van der Waals surface area contributed by atoms with Crippen molar-refractivity contribution < 1.29 is 23.5 Å². The summed E-state index contributed by atoms with van der Waals surface area (Å²) in [6, 6.07) is 9.25. The molecule has 0 fully saturated rings. The first kappa shape index (κ1) is 13.9. The minimum Gasteiger partial charge on any atom is -0.454 e. The highest BCUT2D eigenvalue weighted by molar-refractivity contribution is 6.12. The van der Waals surface area contributed by atoms with Crippen LogP contribution in [0.3, 0.4) is 0 Å². The first-order valence-electron chi connectivity index (χ1n) is 6.38. The van der Waals surface area contributed by atoms with Crippen molar-refractivity contribution in [1.29, 1.82) is 0 Å². The van der Waals surface area contributed by atoms with Crippen molar-refractivity contribution in [3.8, 4) is 11.5 Å². The number of nitrogens with one attached hydrogen (secondary N) is 1. The maximum Gasteiger partial charge on any atom is 0.332 e. The summed E-state index contributed by atoms with van der Waals surface area (Å²) in [6.07, 6.45) is 0.385. The van der Waals surface area contributed by atoms with Crippen LogP contribution in [-0.4, -0.2) is 19.2 Å². The van der Waals surface area contributed by atoms with E-state index in [9.17, 15) is 14.0 Å². The van der Waals surface area contributed by atoms with Gasteiger partial charge in [0.2, 0.25) is 13.2 Å². The number of carbonyl (C=O) groups excluding carboxylic acids is 2. The molecule has 22 heavy (non-hydrogen) atoms. The van der Waals surface area contributed by atoms with Crippen LogP contribution < -0.4 is 19.7 Å². The van der Waals surface area contributed by atoms with E-state index < -0.39 is 11.8 Å². The number of benzene rings is 2.